The summed E-state index contributed by atoms with van der Waals surface area (Å²) in [4.78, 5) is 12.7. The van der Waals surface area contributed by atoms with E-state index in [0.29, 0.717) is 26.4 Å². The minimum Gasteiger partial charge on any atom is -0.287 e. The molecule has 0 N–H and O–H groups in total. The molecule has 0 amide bonds. The molecule has 0 fully saturated rings. The molecule has 0 spiro atoms. The fourth-order valence-electron chi connectivity index (χ4n) is 3.10. The van der Waals surface area contributed by atoms with Gasteiger partial charge in [-0.25, -0.2) is 4.52 Å². The lowest BCUT2D eigenvalue weighted by atomic mass is 10.1. The Morgan fingerprint density at radius 3 is 2.28 bits per heavy atom. The van der Waals surface area contributed by atoms with Crippen molar-refractivity contribution in [1.29, 1.82) is 0 Å². The maximum atomic E-state index is 14.0. The van der Waals surface area contributed by atoms with E-state index in [2.05, 4.69) is 15.3 Å². The molecule has 2 aromatic carbocycles. The largest absolute Gasteiger partial charge is 0.435 e. The van der Waals surface area contributed by atoms with Crippen LogP contribution < -0.4 is 0 Å². The maximum absolute atomic E-state index is 14.0. The Morgan fingerprint density at radius 2 is 1.66 bits per heavy atom. The van der Waals surface area contributed by atoms with Gasteiger partial charge in [-0.15, -0.1) is 10.2 Å². The molecule has 0 radical (unpaired) electrons. The van der Waals surface area contributed by atoms with Gasteiger partial charge in [0.2, 0.25) is 5.78 Å². The second kappa shape index (κ2) is 6.97. The van der Waals surface area contributed by atoms with Crippen LogP contribution in [0.3, 0.4) is 0 Å². The highest BCUT2D eigenvalue weighted by Crippen LogP contribution is 2.35. The van der Waals surface area contributed by atoms with Gasteiger partial charge < -0.3 is 0 Å². The number of hydrogen-bond acceptors (Lipinski definition) is 4. The van der Waals surface area contributed by atoms with Crippen LogP contribution in [0.4, 0.5) is 13.2 Å². The highest BCUT2D eigenvalue weighted by molar-refractivity contribution is 6.30. The first-order chi connectivity index (χ1) is 13.8. The van der Waals surface area contributed by atoms with E-state index in [9.17, 15) is 18.0 Å². The Labute approximate surface area is 167 Å². The summed E-state index contributed by atoms with van der Waals surface area (Å²) in [6.07, 6.45) is -4.88. The number of benzene rings is 2. The quantitative estimate of drug-likeness (QED) is 0.441. The topological polar surface area (TPSA) is 60.2 Å². The van der Waals surface area contributed by atoms with Crippen molar-refractivity contribution in [1.82, 2.24) is 19.8 Å². The van der Waals surface area contributed by atoms with Gasteiger partial charge in [0.05, 0.1) is 11.3 Å². The first-order valence-corrected chi connectivity index (χ1v) is 8.84. The van der Waals surface area contributed by atoms with E-state index in [1.54, 1.807) is 37.3 Å². The number of alkyl halides is 3. The van der Waals surface area contributed by atoms with Crippen molar-refractivity contribution in [3.05, 3.63) is 82.3 Å². The summed E-state index contributed by atoms with van der Waals surface area (Å²) in [7, 11) is 0. The Hall–Kier alpha value is -3.26. The van der Waals surface area contributed by atoms with Crippen molar-refractivity contribution in [2.75, 3.05) is 0 Å². The Kier molecular flexibility index (Phi) is 4.58. The first kappa shape index (κ1) is 19.1. The average Bonchev–Trinajstić information content (AvgIpc) is 3.02. The van der Waals surface area contributed by atoms with Crippen LogP contribution in [0.1, 0.15) is 27.4 Å². The van der Waals surface area contributed by atoms with E-state index in [1.165, 1.54) is 24.3 Å². The van der Waals surface area contributed by atoms with Gasteiger partial charge in [0.25, 0.3) is 0 Å². The predicted molar refractivity (Wildman–Crippen MR) is 101 cm³/mol. The minimum atomic E-state index is -4.88. The number of nitrogens with zero attached hydrogens (tertiary/aromatic N) is 4. The fraction of sp³-hybridized carbons (Fsp3) is 0.100. The molecule has 0 aliphatic rings. The van der Waals surface area contributed by atoms with Gasteiger partial charge in [-0.05, 0) is 36.8 Å². The predicted octanol–water partition coefficient (Wildman–Crippen LogP) is 5.00. The zero-order valence-electron chi connectivity index (χ0n) is 14.9. The number of aromatic nitrogens is 4. The van der Waals surface area contributed by atoms with E-state index in [4.69, 9.17) is 11.6 Å². The molecule has 5 nitrogen and oxygen atoms in total. The van der Waals surface area contributed by atoms with Crippen molar-refractivity contribution in [3.8, 4) is 11.1 Å². The molecule has 0 bridgehead atoms. The molecule has 2 heterocycles. The Balaban J connectivity index is 1.98. The Morgan fingerprint density at radius 1 is 1.00 bits per heavy atom. The van der Waals surface area contributed by atoms with Gasteiger partial charge in [-0.1, -0.05) is 41.9 Å². The number of halogens is 4. The van der Waals surface area contributed by atoms with Crippen LogP contribution in [-0.2, 0) is 6.18 Å². The summed E-state index contributed by atoms with van der Waals surface area (Å²) in [6, 6.07) is 14.3. The average molecular weight is 417 g/mol. The molecule has 0 atom stereocenters. The zero-order chi connectivity index (χ0) is 20.8. The van der Waals surface area contributed by atoms with Crippen molar-refractivity contribution in [2.24, 2.45) is 0 Å². The monoisotopic (exact) mass is 416 g/mol. The summed E-state index contributed by atoms with van der Waals surface area (Å²) in [5.41, 5.74) is -0.739. The molecule has 0 saturated heterocycles. The molecular weight excluding hydrogens is 405 g/mol. The molecule has 0 aliphatic carbocycles. The van der Waals surface area contributed by atoms with Crippen LogP contribution in [0, 0.1) is 6.92 Å². The number of ketones is 1. The molecule has 29 heavy (non-hydrogen) atoms. The van der Waals surface area contributed by atoms with Crippen LogP contribution in [0.2, 0.25) is 5.02 Å². The summed E-state index contributed by atoms with van der Waals surface area (Å²) < 4.78 is 42.5. The van der Waals surface area contributed by atoms with E-state index in [1.807, 2.05) is 0 Å². The Bertz CT molecular complexity index is 1220. The smallest absolute Gasteiger partial charge is 0.287 e. The van der Waals surface area contributed by atoms with E-state index in [0.717, 1.165) is 0 Å². The standard InChI is InChI=1S/C20H12ClF3N4O/c1-11-15(12-5-3-2-4-6-12)19-26-25-16(18(20(22,23)24)28(19)27-11)17(29)13-7-9-14(21)10-8-13/h2-10H,1H3. The van der Waals surface area contributed by atoms with E-state index < -0.39 is 23.3 Å². The van der Waals surface area contributed by atoms with Gasteiger partial charge in [0.15, 0.2) is 17.0 Å². The number of fused-ring (bicyclic) bond motifs is 1. The third-order valence-corrected chi connectivity index (χ3v) is 4.62. The fourth-order valence-corrected chi connectivity index (χ4v) is 3.22. The number of aryl methyl sites for hydroxylation is 1. The second-order valence-corrected chi connectivity index (χ2v) is 6.73. The number of carbonyl (C=O) groups is 1. The van der Waals surface area contributed by atoms with Gasteiger partial charge in [0, 0.05) is 10.6 Å². The van der Waals surface area contributed by atoms with Crippen LogP contribution in [0.25, 0.3) is 16.8 Å². The van der Waals surface area contributed by atoms with Crippen LogP contribution in [-0.4, -0.2) is 25.6 Å². The summed E-state index contributed by atoms with van der Waals surface area (Å²) in [5.74, 6) is -0.919. The maximum Gasteiger partial charge on any atom is 0.435 e. The second-order valence-electron chi connectivity index (χ2n) is 6.29. The lowest BCUT2D eigenvalue weighted by Gasteiger charge is -2.12. The molecule has 146 valence electrons. The zero-order valence-corrected chi connectivity index (χ0v) is 15.7. The summed E-state index contributed by atoms with van der Waals surface area (Å²) >= 11 is 5.79. The van der Waals surface area contributed by atoms with Crippen molar-refractivity contribution in [2.45, 2.75) is 13.1 Å². The molecule has 4 rings (SSSR count). The summed E-state index contributed by atoms with van der Waals surface area (Å²) in [6.45, 7) is 1.58. The molecular formula is C20H12ClF3N4O. The van der Waals surface area contributed by atoms with E-state index in [-0.39, 0.29) is 11.2 Å². The summed E-state index contributed by atoms with van der Waals surface area (Å²) in [5, 5.41) is 12.0. The van der Waals surface area contributed by atoms with Gasteiger partial charge in [0.1, 0.15) is 0 Å². The lowest BCUT2D eigenvalue weighted by molar-refractivity contribution is -0.143. The highest BCUT2D eigenvalue weighted by Gasteiger charge is 2.41. The number of carbonyl (C=O) groups excluding carboxylic acids is 1. The minimum absolute atomic E-state index is 0.0145. The van der Waals surface area contributed by atoms with Crippen molar-refractivity contribution >= 4 is 23.0 Å². The first-order valence-electron chi connectivity index (χ1n) is 8.46. The van der Waals surface area contributed by atoms with Gasteiger partial charge in [-0.3, -0.25) is 4.79 Å². The SMILES string of the molecule is Cc1nn2c(C(F)(F)F)c(C(=O)c3ccc(Cl)cc3)nnc2c1-c1ccccc1. The lowest BCUT2D eigenvalue weighted by Crippen LogP contribution is -2.22. The van der Waals surface area contributed by atoms with Gasteiger partial charge in [-0.2, -0.15) is 18.3 Å². The van der Waals surface area contributed by atoms with Crippen molar-refractivity contribution < 1.29 is 18.0 Å². The normalized spacial score (nSPS) is 11.8. The third kappa shape index (κ3) is 3.36. The highest BCUT2D eigenvalue weighted by atomic mass is 35.5. The van der Waals surface area contributed by atoms with E-state index >= 15 is 0 Å². The molecule has 0 saturated carbocycles. The van der Waals surface area contributed by atoms with Crippen LogP contribution in [0.5, 0.6) is 0 Å². The number of hydrogen-bond donors (Lipinski definition) is 0. The van der Waals surface area contributed by atoms with Crippen molar-refractivity contribution in [3.63, 3.8) is 0 Å². The third-order valence-electron chi connectivity index (χ3n) is 4.37. The van der Waals surface area contributed by atoms with Gasteiger partial charge >= 0.3 is 6.18 Å². The molecule has 2 aromatic heterocycles. The molecule has 0 unspecified atom stereocenters. The molecule has 9 heteroatoms. The number of rotatable bonds is 3. The van der Waals surface area contributed by atoms with Crippen LogP contribution in [0.15, 0.2) is 54.6 Å². The molecule has 0 aliphatic heterocycles. The van der Waals surface area contributed by atoms with Crippen LogP contribution >= 0.6 is 11.6 Å². The molecule has 4 aromatic rings.